The van der Waals surface area contributed by atoms with E-state index in [9.17, 15) is 0 Å². The van der Waals surface area contributed by atoms with Gasteiger partial charge in [-0.25, -0.2) is 4.98 Å². The molecule has 0 saturated carbocycles. The van der Waals surface area contributed by atoms with Gasteiger partial charge < -0.3 is 15.0 Å². The van der Waals surface area contributed by atoms with Gasteiger partial charge in [0.05, 0.1) is 7.11 Å². The number of aromatic nitrogens is 1. The lowest BCUT2D eigenvalue weighted by Crippen LogP contribution is -2.43. The normalized spacial score (nSPS) is 15.4. The number of aryl methyl sites for hydroxylation is 1. The minimum Gasteiger partial charge on any atom is -0.494 e. The van der Waals surface area contributed by atoms with Gasteiger partial charge in [0.2, 0.25) is 0 Å². The highest BCUT2D eigenvalue weighted by Crippen LogP contribution is 2.32. The smallest absolute Gasteiger partial charge is 0.145 e. The topological polar surface area (TPSA) is 37.4 Å². The highest BCUT2D eigenvalue weighted by Gasteiger charge is 2.16. The second-order valence-electron chi connectivity index (χ2n) is 5.48. The van der Waals surface area contributed by atoms with Gasteiger partial charge in [0.25, 0.3) is 0 Å². The Morgan fingerprint density at radius 2 is 2.10 bits per heavy atom. The maximum Gasteiger partial charge on any atom is 0.145 e. The van der Waals surface area contributed by atoms with Crippen LogP contribution in [0.15, 0.2) is 24.3 Å². The van der Waals surface area contributed by atoms with Gasteiger partial charge in [-0.2, -0.15) is 0 Å². The number of piperazine rings is 1. The summed E-state index contributed by atoms with van der Waals surface area (Å²) in [6.45, 7) is 6.36. The Labute approximate surface area is 126 Å². The summed E-state index contributed by atoms with van der Waals surface area (Å²) < 4.78 is 5.51. The summed E-state index contributed by atoms with van der Waals surface area (Å²) in [5.74, 6) is 0.863. The molecule has 1 fully saturated rings. The van der Waals surface area contributed by atoms with Crippen LogP contribution in [-0.4, -0.2) is 38.3 Å². The Morgan fingerprint density at radius 3 is 2.81 bits per heavy atom. The van der Waals surface area contributed by atoms with E-state index in [0.717, 1.165) is 56.0 Å². The van der Waals surface area contributed by atoms with Gasteiger partial charge in [0.1, 0.15) is 11.3 Å². The van der Waals surface area contributed by atoms with Crippen LogP contribution in [0.25, 0.3) is 10.9 Å². The van der Waals surface area contributed by atoms with E-state index in [0.29, 0.717) is 0 Å². The fourth-order valence-electron chi connectivity index (χ4n) is 2.97. The Hall–Kier alpha value is -1.81. The lowest BCUT2D eigenvalue weighted by atomic mass is 10.1. The van der Waals surface area contributed by atoms with Gasteiger partial charge in [-0.15, -0.1) is 0 Å². The zero-order valence-electron chi connectivity index (χ0n) is 12.9. The fourth-order valence-corrected chi connectivity index (χ4v) is 2.97. The van der Waals surface area contributed by atoms with Gasteiger partial charge in [-0.1, -0.05) is 25.5 Å². The number of pyridine rings is 1. The number of para-hydroxylation sites is 1. The number of fused-ring (bicyclic) bond motifs is 1. The number of anilines is 1. The molecule has 0 bridgehead atoms. The zero-order chi connectivity index (χ0) is 14.7. The molecule has 112 valence electrons. The fraction of sp³-hybridized carbons (Fsp3) is 0.471. The predicted molar refractivity (Wildman–Crippen MR) is 87.4 cm³/mol. The van der Waals surface area contributed by atoms with Crippen molar-refractivity contribution in [1.82, 2.24) is 10.3 Å². The van der Waals surface area contributed by atoms with Crippen LogP contribution < -0.4 is 15.0 Å². The number of nitrogens with one attached hydrogen (secondary N) is 1. The molecule has 0 aliphatic carbocycles. The van der Waals surface area contributed by atoms with E-state index < -0.39 is 0 Å². The lowest BCUT2D eigenvalue weighted by Gasteiger charge is -2.30. The Bertz CT molecular complexity index is 621. The molecular weight excluding hydrogens is 262 g/mol. The number of rotatable bonds is 4. The SMILES string of the molecule is CCCc1cc(N2CCNCC2)c2cccc(OC)c2n1. The van der Waals surface area contributed by atoms with Crippen molar-refractivity contribution in [2.45, 2.75) is 19.8 Å². The highest BCUT2D eigenvalue weighted by atomic mass is 16.5. The minimum absolute atomic E-state index is 0.863. The molecule has 21 heavy (non-hydrogen) atoms. The number of hydrogen-bond acceptors (Lipinski definition) is 4. The van der Waals surface area contributed by atoms with Crippen LogP contribution in [0.4, 0.5) is 5.69 Å². The number of ether oxygens (including phenoxy) is 1. The first-order valence-corrected chi connectivity index (χ1v) is 7.75. The monoisotopic (exact) mass is 285 g/mol. The first-order valence-electron chi connectivity index (χ1n) is 7.75. The third-order valence-corrected chi connectivity index (χ3v) is 4.02. The van der Waals surface area contributed by atoms with Crippen LogP contribution in [0, 0.1) is 0 Å². The van der Waals surface area contributed by atoms with Gasteiger partial charge in [-0.05, 0) is 18.6 Å². The number of hydrogen-bond donors (Lipinski definition) is 1. The third-order valence-electron chi connectivity index (χ3n) is 4.02. The van der Waals surface area contributed by atoms with Gasteiger partial charge in [0.15, 0.2) is 0 Å². The average Bonchev–Trinajstić information content (AvgIpc) is 2.54. The Morgan fingerprint density at radius 1 is 1.29 bits per heavy atom. The number of nitrogens with zero attached hydrogens (tertiary/aromatic N) is 2. The van der Waals surface area contributed by atoms with Crippen LogP contribution in [-0.2, 0) is 6.42 Å². The molecule has 0 amide bonds. The molecule has 2 heterocycles. The quantitative estimate of drug-likeness (QED) is 0.937. The largest absolute Gasteiger partial charge is 0.494 e. The van der Waals surface area contributed by atoms with Crippen LogP contribution >= 0.6 is 0 Å². The summed E-state index contributed by atoms with van der Waals surface area (Å²) >= 11 is 0. The molecule has 4 heteroatoms. The molecule has 1 N–H and O–H groups in total. The second kappa shape index (κ2) is 6.31. The molecule has 0 radical (unpaired) electrons. The van der Waals surface area contributed by atoms with Gasteiger partial charge in [-0.3, -0.25) is 0 Å². The van der Waals surface area contributed by atoms with Gasteiger partial charge in [0, 0.05) is 42.9 Å². The van der Waals surface area contributed by atoms with Crippen LogP contribution in [0.3, 0.4) is 0 Å². The van der Waals surface area contributed by atoms with E-state index in [-0.39, 0.29) is 0 Å². The molecule has 1 aliphatic heterocycles. The second-order valence-corrected chi connectivity index (χ2v) is 5.48. The summed E-state index contributed by atoms with van der Waals surface area (Å²) in [6.07, 6.45) is 2.11. The van der Waals surface area contributed by atoms with Crippen molar-refractivity contribution >= 4 is 16.6 Å². The minimum atomic E-state index is 0.863. The molecule has 0 spiro atoms. The molecule has 0 atom stereocenters. The number of benzene rings is 1. The zero-order valence-corrected chi connectivity index (χ0v) is 12.9. The first kappa shape index (κ1) is 14.1. The van der Waals surface area contributed by atoms with Crippen LogP contribution in [0.2, 0.25) is 0 Å². The third kappa shape index (κ3) is 2.81. The predicted octanol–water partition coefficient (Wildman–Crippen LogP) is 2.61. The molecule has 1 aromatic carbocycles. The van der Waals surface area contributed by atoms with E-state index >= 15 is 0 Å². The average molecular weight is 285 g/mol. The van der Waals surface area contributed by atoms with E-state index in [1.54, 1.807) is 7.11 Å². The Kier molecular flexibility index (Phi) is 4.25. The molecule has 1 aliphatic rings. The highest BCUT2D eigenvalue weighted by molar-refractivity contribution is 5.95. The van der Waals surface area contributed by atoms with E-state index in [1.807, 2.05) is 12.1 Å². The molecule has 0 unspecified atom stereocenters. The molecule has 4 nitrogen and oxygen atoms in total. The maximum atomic E-state index is 5.51. The van der Waals surface area contributed by atoms with Crippen molar-refractivity contribution in [2.75, 3.05) is 38.2 Å². The summed E-state index contributed by atoms with van der Waals surface area (Å²) in [5, 5.41) is 4.60. The summed E-state index contributed by atoms with van der Waals surface area (Å²) in [4.78, 5) is 7.28. The van der Waals surface area contributed by atoms with E-state index in [1.165, 1.54) is 11.1 Å². The van der Waals surface area contributed by atoms with Crippen LogP contribution in [0.1, 0.15) is 19.0 Å². The molecule has 2 aromatic rings. The summed E-state index contributed by atoms with van der Waals surface area (Å²) in [5.41, 5.74) is 3.44. The van der Waals surface area contributed by atoms with Crippen LogP contribution in [0.5, 0.6) is 5.75 Å². The van der Waals surface area contributed by atoms with Crippen molar-refractivity contribution in [3.8, 4) is 5.75 Å². The molecular formula is C17H23N3O. The van der Waals surface area contributed by atoms with Crippen molar-refractivity contribution in [2.24, 2.45) is 0 Å². The summed E-state index contributed by atoms with van der Waals surface area (Å²) in [6, 6.07) is 8.45. The molecule has 1 saturated heterocycles. The molecule has 1 aromatic heterocycles. The van der Waals surface area contributed by atoms with E-state index in [2.05, 4.69) is 29.3 Å². The molecule has 3 rings (SSSR count). The van der Waals surface area contributed by atoms with E-state index in [4.69, 9.17) is 9.72 Å². The van der Waals surface area contributed by atoms with Crippen molar-refractivity contribution in [3.63, 3.8) is 0 Å². The van der Waals surface area contributed by atoms with Gasteiger partial charge >= 0.3 is 0 Å². The van der Waals surface area contributed by atoms with Crippen molar-refractivity contribution in [3.05, 3.63) is 30.0 Å². The Balaban J connectivity index is 2.15. The lowest BCUT2D eigenvalue weighted by molar-refractivity contribution is 0.419. The van der Waals surface area contributed by atoms with Crippen molar-refractivity contribution in [1.29, 1.82) is 0 Å². The summed E-state index contributed by atoms with van der Waals surface area (Å²) in [7, 11) is 1.72. The number of methoxy groups -OCH3 is 1. The first-order chi connectivity index (χ1) is 10.3. The maximum absolute atomic E-state index is 5.51. The standard InChI is InChI=1S/C17H23N3O/c1-3-5-13-12-15(20-10-8-18-9-11-20)14-6-4-7-16(21-2)17(14)19-13/h4,6-7,12,18H,3,5,8-11H2,1-2H3. The van der Waals surface area contributed by atoms with Crippen molar-refractivity contribution < 1.29 is 4.74 Å².